The van der Waals surface area contributed by atoms with E-state index in [1.54, 1.807) is 0 Å². The Morgan fingerprint density at radius 1 is 0.727 bits per heavy atom. The largest absolute Gasteiger partial charge is 0.326 e. The number of aryl methyl sites for hydroxylation is 2. The van der Waals surface area contributed by atoms with Gasteiger partial charge in [0.25, 0.3) is 10.1 Å². The van der Waals surface area contributed by atoms with E-state index in [1.165, 1.54) is 62.5 Å². The van der Waals surface area contributed by atoms with Crippen molar-refractivity contribution >= 4 is 27.5 Å². The van der Waals surface area contributed by atoms with Crippen molar-refractivity contribution in [3.8, 4) is 0 Å². The molecule has 6 nitrogen and oxygen atoms in total. The van der Waals surface area contributed by atoms with Gasteiger partial charge in [0.1, 0.15) is 0 Å². The van der Waals surface area contributed by atoms with Crippen LogP contribution in [0.2, 0.25) is 0 Å². The van der Waals surface area contributed by atoms with Crippen LogP contribution in [0.3, 0.4) is 0 Å². The lowest BCUT2D eigenvalue weighted by molar-refractivity contribution is 0.490. The van der Waals surface area contributed by atoms with Crippen molar-refractivity contribution in [2.45, 2.75) is 78.1 Å². The van der Waals surface area contributed by atoms with E-state index < -0.39 is 10.1 Å². The third kappa shape index (κ3) is 16.0. The Hall–Kier alpha value is -2.38. The molecular weight excluding hydrogens is 434 g/mol. The minimum Gasteiger partial charge on any atom is -0.326 e. The van der Waals surface area contributed by atoms with Crippen LogP contribution in [-0.4, -0.2) is 25.2 Å². The summed E-state index contributed by atoms with van der Waals surface area (Å²) in [4.78, 5) is 0. The first-order chi connectivity index (χ1) is 15.7. The fourth-order valence-corrected chi connectivity index (χ4v) is 3.34. The average Bonchev–Trinajstić information content (AvgIpc) is 2.75. The second-order valence-electron chi connectivity index (χ2n) is 8.37. The molecule has 0 saturated carbocycles. The molecule has 0 aromatic heterocycles. The van der Waals surface area contributed by atoms with Crippen LogP contribution >= 0.6 is 0 Å². The van der Waals surface area contributed by atoms with E-state index in [4.69, 9.17) is 9.96 Å². The van der Waals surface area contributed by atoms with E-state index >= 15 is 0 Å². The van der Waals surface area contributed by atoms with E-state index in [9.17, 15) is 8.42 Å². The van der Waals surface area contributed by atoms with Gasteiger partial charge in [0.05, 0.1) is 6.26 Å². The summed E-state index contributed by atoms with van der Waals surface area (Å²) in [6, 6.07) is 16.9. The first-order valence-corrected chi connectivity index (χ1v) is 13.8. The SMILES string of the molecule is CCCCCCc1ccc(NC(=N)Nc2ccc(CCCCCC)cc2)cc1.CS(=O)(=O)O. The molecule has 7 heteroatoms. The molecule has 0 unspecified atom stereocenters. The van der Waals surface area contributed by atoms with Crippen LogP contribution in [0, 0.1) is 5.41 Å². The van der Waals surface area contributed by atoms with Gasteiger partial charge in [-0.1, -0.05) is 76.6 Å². The summed E-state index contributed by atoms with van der Waals surface area (Å²) in [5.41, 5.74) is 4.64. The molecule has 2 rings (SSSR count). The average molecular weight is 476 g/mol. The molecule has 0 radical (unpaired) electrons. The van der Waals surface area contributed by atoms with Crippen molar-refractivity contribution in [1.82, 2.24) is 0 Å². The number of hydrogen-bond acceptors (Lipinski definition) is 3. The first-order valence-electron chi connectivity index (χ1n) is 11.9. The van der Waals surface area contributed by atoms with E-state index in [-0.39, 0.29) is 0 Å². The highest BCUT2D eigenvalue weighted by Gasteiger charge is 2.01. The molecule has 33 heavy (non-hydrogen) atoms. The van der Waals surface area contributed by atoms with Crippen LogP contribution in [0.1, 0.15) is 76.3 Å². The molecule has 0 aliphatic heterocycles. The monoisotopic (exact) mass is 475 g/mol. The number of nitrogens with one attached hydrogen (secondary N) is 3. The fraction of sp³-hybridized carbons (Fsp3) is 0.500. The van der Waals surface area contributed by atoms with E-state index in [0.29, 0.717) is 12.2 Å². The lowest BCUT2D eigenvalue weighted by Gasteiger charge is -2.11. The van der Waals surface area contributed by atoms with Crippen LogP contribution in [0.15, 0.2) is 48.5 Å². The maximum atomic E-state index is 9.19. The maximum Gasteiger partial charge on any atom is 0.261 e. The minimum absolute atomic E-state index is 0.298. The number of guanidine groups is 1. The summed E-state index contributed by atoms with van der Waals surface area (Å²) < 4.78 is 25.9. The Morgan fingerprint density at radius 3 is 1.36 bits per heavy atom. The van der Waals surface area contributed by atoms with E-state index in [1.807, 2.05) is 0 Å². The normalized spacial score (nSPS) is 10.8. The second kappa shape index (κ2) is 16.3. The van der Waals surface area contributed by atoms with Gasteiger partial charge in [-0.15, -0.1) is 0 Å². The summed E-state index contributed by atoms with van der Waals surface area (Å²) in [6.45, 7) is 4.49. The van der Waals surface area contributed by atoms with Crippen molar-refractivity contribution < 1.29 is 13.0 Å². The molecule has 0 bridgehead atoms. The molecule has 0 saturated heterocycles. The number of rotatable bonds is 12. The molecule has 0 heterocycles. The maximum absolute atomic E-state index is 9.19. The first kappa shape index (κ1) is 28.7. The topological polar surface area (TPSA) is 102 Å². The van der Waals surface area contributed by atoms with Gasteiger partial charge in [0.15, 0.2) is 5.96 Å². The molecule has 0 fully saturated rings. The summed E-state index contributed by atoms with van der Waals surface area (Å²) in [5.74, 6) is 0.298. The smallest absolute Gasteiger partial charge is 0.261 e. The van der Waals surface area contributed by atoms with Crippen LogP contribution in [-0.2, 0) is 23.0 Å². The lowest BCUT2D eigenvalue weighted by Crippen LogP contribution is -2.20. The number of benzene rings is 2. The van der Waals surface area contributed by atoms with Gasteiger partial charge in [-0.2, -0.15) is 8.42 Å². The predicted octanol–water partition coefficient (Wildman–Crippen LogP) is 6.89. The van der Waals surface area contributed by atoms with Crippen molar-refractivity contribution in [2.75, 3.05) is 16.9 Å². The lowest BCUT2D eigenvalue weighted by atomic mass is 10.1. The predicted molar refractivity (Wildman–Crippen MR) is 141 cm³/mol. The fourth-order valence-electron chi connectivity index (χ4n) is 3.34. The third-order valence-corrected chi connectivity index (χ3v) is 5.08. The second-order valence-corrected chi connectivity index (χ2v) is 9.84. The Balaban J connectivity index is 0.000000981. The van der Waals surface area contributed by atoms with Gasteiger partial charge in [-0.05, 0) is 61.1 Å². The van der Waals surface area contributed by atoms with Crippen molar-refractivity contribution in [1.29, 1.82) is 5.41 Å². The summed E-state index contributed by atoms with van der Waals surface area (Å²) in [7, 11) is -3.67. The zero-order chi connectivity index (χ0) is 24.5. The molecule has 2 aromatic carbocycles. The third-order valence-electron chi connectivity index (χ3n) is 5.08. The van der Waals surface area contributed by atoms with Crippen molar-refractivity contribution in [3.05, 3.63) is 59.7 Å². The summed E-state index contributed by atoms with van der Waals surface area (Å²) in [5, 5.41) is 14.4. The molecular formula is C26H41N3O3S. The zero-order valence-electron chi connectivity index (χ0n) is 20.4. The summed E-state index contributed by atoms with van der Waals surface area (Å²) >= 11 is 0. The molecule has 0 atom stereocenters. The van der Waals surface area contributed by atoms with Crippen LogP contribution in [0.4, 0.5) is 11.4 Å². The molecule has 0 amide bonds. The van der Waals surface area contributed by atoms with Crippen LogP contribution < -0.4 is 10.6 Å². The molecule has 0 aliphatic carbocycles. The highest BCUT2D eigenvalue weighted by molar-refractivity contribution is 7.85. The Morgan fingerprint density at radius 2 is 1.06 bits per heavy atom. The van der Waals surface area contributed by atoms with Crippen LogP contribution in [0.5, 0.6) is 0 Å². The molecule has 4 N–H and O–H groups in total. The standard InChI is InChI=1S/C25H37N3.CH4O3S/c1-3-5-7-9-11-21-13-17-23(18-14-21)27-25(26)28-24-19-15-22(16-20-24)12-10-8-6-4-2;1-5(2,3)4/h13-20H,3-12H2,1-2H3,(H3,26,27,28);1H3,(H,2,3,4). The van der Waals surface area contributed by atoms with Gasteiger partial charge in [0.2, 0.25) is 0 Å². The minimum atomic E-state index is -3.67. The van der Waals surface area contributed by atoms with Crippen molar-refractivity contribution in [2.24, 2.45) is 0 Å². The van der Waals surface area contributed by atoms with Gasteiger partial charge in [0, 0.05) is 11.4 Å². The molecule has 2 aromatic rings. The molecule has 0 spiro atoms. The molecule has 0 aliphatic rings. The Kier molecular flexibility index (Phi) is 14.1. The highest BCUT2D eigenvalue weighted by Crippen LogP contribution is 2.15. The van der Waals surface area contributed by atoms with Crippen molar-refractivity contribution in [3.63, 3.8) is 0 Å². The van der Waals surface area contributed by atoms with Gasteiger partial charge in [-0.3, -0.25) is 9.96 Å². The zero-order valence-corrected chi connectivity index (χ0v) is 21.2. The number of anilines is 2. The Bertz CT molecular complexity index is 828. The summed E-state index contributed by atoms with van der Waals surface area (Å²) in [6.07, 6.45) is 13.3. The Labute approximate surface area is 200 Å². The molecule has 184 valence electrons. The van der Waals surface area contributed by atoms with Gasteiger partial charge >= 0.3 is 0 Å². The van der Waals surface area contributed by atoms with Gasteiger partial charge < -0.3 is 10.6 Å². The quantitative estimate of drug-likeness (QED) is 0.116. The number of hydrogen-bond donors (Lipinski definition) is 4. The number of unbranched alkanes of at least 4 members (excludes halogenated alkanes) is 6. The highest BCUT2D eigenvalue weighted by atomic mass is 32.2. The van der Waals surface area contributed by atoms with Gasteiger partial charge in [-0.25, -0.2) is 0 Å². The van der Waals surface area contributed by atoms with E-state index in [2.05, 4.69) is 73.0 Å². The van der Waals surface area contributed by atoms with Crippen LogP contribution in [0.25, 0.3) is 0 Å². The van der Waals surface area contributed by atoms with E-state index in [0.717, 1.165) is 24.2 Å².